The third-order valence-electron chi connectivity index (χ3n) is 4.90. The van der Waals surface area contributed by atoms with Crippen LogP contribution in [-0.4, -0.2) is 35.9 Å². The number of carbonyl (C=O) groups excluding carboxylic acids is 2. The topological polar surface area (TPSA) is 58.6 Å². The molecule has 31 heavy (non-hydrogen) atoms. The minimum atomic E-state index is -0.691. The number of halogens is 2. The average molecular weight is 465 g/mol. The van der Waals surface area contributed by atoms with Crippen LogP contribution in [0.5, 0.6) is 5.75 Å². The fourth-order valence-electron chi connectivity index (χ4n) is 2.92. The van der Waals surface area contributed by atoms with Gasteiger partial charge in [-0.3, -0.25) is 9.59 Å². The number of hydrogen-bond donors (Lipinski definition) is 1. The van der Waals surface area contributed by atoms with Crippen LogP contribution in [0.2, 0.25) is 10.0 Å². The molecule has 0 heterocycles. The molecule has 2 aromatic rings. The molecule has 0 fully saturated rings. The van der Waals surface area contributed by atoms with E-state index in [1.807, 2.05) is 38.1 Å². The summed E-state index contributed by atoms with van der Waals surface area (Å²) in [6.45, 7) is 8.32. The summed E-state index contributed by atoms with van der Waals surface area (Å²) >= 11 is 12.3. The van der Waals surface area contributed by atoms with Gasteiger partial charge in [0.15, 0.2) is 6.61 Å². The van der Waals surface area contributed by atoms with Gasteiger partial charge in [-0.2, -0.15) is 0 Å². The molecule has 2 amide bonds. The van der Waals surface area contributed by atoms with Crippen molar-refractivity contribution in [1.29, 1.82) is 0 Å². The SMILES string of the molecule is CCc1ccc(OCC(=O)N(Cc2ccc(Cl)cc2Cl)[C@@H](C)C(=O)NCC(C)C)cc1. The van der Waals surface area contributed by atoms with Gasteiger partial charge >= 0.3 is 0 Å². The number of aryl methyl sites for hydroxylation is 1. The summed E-state index contributed by atoms with van der Waals surface area (Å²) in [6, 6.07) is 12.0. The smallest absolute Gasteiger partial charge is 0.261 e. The highest BCUT2D eigenvalue weighted by atomic mass is 35.5. The van der Waals surface area contributed by atoms with Gasteiger partial charge in [0.25, 0.3) is 5.91 Å². The summed E-state index contributed by atoms with van der Waals surface area (Å²) in [7, 11) is 0. The zero-order chi connectivity index (χ0) is 23.0. The average Bonchev–Trinajstić information content (AvgIpc) is 2.75. The predicted octanol–water partition coefficient (Wildman–Crippen LogP) is 5.12. The Balaban J connectivity index is 2.15. The molecule has 7 heteroatoms. The van der Waals surface area contributed by atoms with E-state index in [0.29, 0.717) is 33.8 Å². The molecule has 0 radical (unpaired) electrons. The first-order chi connectivity index (χ1) is 14.7. The highest BCUT2D eigenvalue weighted by Gasteiger charge is 2.27. The van der Waals surface area contributed by atoms with Gasteiger partial charge in [-0.25, -0.2) is 0 Å². The number of nitrogens with one attached hydrogen (secondary N) is 1. The van der Waals surface area contributed by atoms with Gasteiger partial charge in [0, 0.05) is 23.1 Å². The normalized spacial score (nSPS) is 11.8. The van der Waals surface area contributed by atoms with Gasteiger partial charge in [0.05, 0.1) is 0 Å². The predicted molar refractivity (Wildman–Crippen MR) is 126 cm³/mol. The lowest BCUT2D eigenvalue weighted by atomic mass is 10.1. The number of amides is 2. The minimum absolute atomic E-state index is 0.170. The first-order valence-electron chi connectivity index (χ1n) is 10.4. The quantitative estimate of drug-likeness (QED) is 0.530. The largest absolute Gasteiger partial charge is 0.484 e. The summed E-state index contributed by atoms with van der Waals surface area (Å²) in [5, 5.41) is 3.83. The van der Waals surface area contributed by atoms with E-state index in [2.05, 4.69) is 12.2 Å². The van der Waals surface area contributed by atoms with Gasteiger partial charge in [-0.1, -0.05) is 62.2 Å². The zero-order valence-electron chi connectivity index (χ0n) is 18.5. The fourth-order valence-corrected chi connectivity index (χ4v) is 3.39. The summed E-state index contributed by atoms with van der Waals surface area (Å²) in [6.07, 6.45) is 0.928. The molecule has 168 valence electrons. The van der Waals surface area contributed by atoms with Crippen molar-refractivity contribution >= 4 is 35.0 Å². The standard InChI is InChI=1S/C24H30Cl2N2O3/c1-5-18-6-10-21(11-7-18)31-15-23(29)28(17(4)24(30)27-13-16(2)3)14-19-8-9-20(25)12-22(19)26/h6-12,16-17H,5,13-15H2,1-4H3,(H,27,30)/t17-/m0/s1. The molecular weight excluding hydrogens is 435 g/mol. The third-order valence-corrected chi connectivity index (χ3v) is 5.49. The number of carbonyl (C=O) groups is 2. The van der Waals surface area contributed by atoms with E-state index in [0.717, 1.165) is 6.42 Å². The monoisotopic (exact) mass is 464 g/mol. The van der Waals surface area contributed by atoms with Crippen LogP contribution in [0.1, 0.15) is 38.8 Å². The highest BCUT2D eigenvalue weighted by Crippen LogP contribution is 2.23. The Morgan fingerprint density at radius 1 is 1.06 bits per heavy atom. The molecule has 5 nitrogen and oxygen atoms in total. The second-order valence-corrected chi connectivity index (χ2v) is 8.70. The van der Waals surface area contributed by atoms with Crippen molar-refractivity contribution < 1.29 is 14.3 Å². The molecule has 0 bridgehead atoms. The number of ether oxygens (including phenoxy) is 1. The lowest BCUT2D eigenvalue weighted by molar-refractivity contribution is -0.142. The maximum atomic E-state index is 13.1. The molecule has 0 unspecified atom stereocenters. The first-order valence-corrected chi connectivity index (χ1v) is 11.2. The number of nitrogens with zero attached hydrogens (tertiary/aromatic N) is 1. The van der Waals surface area contributed by atoms with Crippen LogP contribution in [0.3, 0.4) is 0 Å². The van der Waals surface area contributed by atoms with E-state index in [1.165, 1.54) is 10.5 Å². The molecule has 0 aliphatic carbocycles. The van der Waals surface area contributed by atoms with Gasteiger partial charge in [0.1, 0.15) is 11.8 Å². The number of hydrogen-bond acceptors (Lipinski definition) is 3. The van der Waals surface area contributed by atoms with Crippen molar-refractivity contribution in [2.75, 3.05) is 13.2 Å². The van der Waals surface area contributed by atoms with Crippen LogP contribution in [-0.2, 0) is 22.6 Å². The van der Waals surface area contributed by atoms with Gasteiger partial charge in [0.2, 0.25) is 5.91 Å². The molecule has 0 aliphatic heterocycles. The van der Waals surface area contributed by atoms with E-state index in [1.54, 1.807) is 25.1 Å². The highest BCUT2D eigenvalue weighted by molar-refractivity contribution is 6.35. The molecule has 1 N–H and O–H groups in total. The lowest BCUT2D eigenvalue weighted by Crippen LogP contribution is -2.49. The fraction of sp³-hybridized carbons (Fsp3) is 0.417. The molecule has 1 atom stereocenters. The molecule has 0 spiro atoms. The molecule has 0 aliphatic rings. The van der Waals surface area contributed by atoms with Crippen molar-refractivity contribution in [2.24, 2.45) is 5.92 Å². The maximum Gasteiger partial charge on any atom is 0.261 e. The molecule has 0 saturated carbocycles. The van der Waals surface area contributed by atoms with Gasteiger partial charge < -0.3 is 15.0 Å². The first kappa shape index (κ1) is 25.0. The molecular formula is C24H30Cl2N2O3. The Kier molecular flexibility index (Phi) is 9.66. The van der Waals surface area contributed by atoms with Crippen molar-refractivity contribution in [3.05, 3.63) is 63.6 Å². The summed E-state index contributed by atoms with van der Waals surface area (Å²) < 4.78 is 5.69. The van der Waals surface area contributed by atoms with Crippen molar-refractivity contribution in [3.63, 3.8) is 0 Å². The Labute approximate surface area is 194 Å². The van der Waals surface area contributed by atoms with E-state index < -0.39 is 6.04 Å². The van der Waals surface area contributed by atoms with Crippen LogP contribution < -0.4 is 10.1 Å². The third kappa shape index (κ3) is 7.75. The molecule has 2 aromatic carbocycles. The van der Waals surface area contributed by atoms with Gasteiger partial charge in [-0.15, -0.1) is 0 Å². The molecule has 0 aromatic heterocycles. The van der Waals surface area contributed by atoms with Crippen molar-refractivity contribution in [2.45, 2.75) is 46.7 Å². The van der Waals surface area contributed by atoms with E-state index >= 15 is 0 Å². The Morgan fingerprint density at radius 3 is 2.32 bits per heavy atom. The Bertz CT molecular complexity index is 885. The van der Waals surface area contributed by atoms with Gasteiger partial charge in [-0.05, 0) is 54.7 Å². The van der Waals surface area contributed by atoms with Crippen LogP contribution in [0, 0.1) is 5.92 Å². The van der Waals surface area contributed by atoms with Crippen LogP contribution >= 0.6 is 23.2 Å². The van der Waals surface area contributed by atoms with E-state index in [9.17, 15) is 9.59 Å². The van der Waals surface area contributed by atoms with E-state index in [-0.39, 0.29) is 25.0 Å². The Morgan fingerprint density at radius 2 is 1.74 bits per heavy atom. The van der Waals surface area contributed by atoms with E-state index in [4.69, 9.17) is 27.9 Å². The zero-order valence-corrected chi connectivity index (χ0v) is 20.0. The number of rotatable bonds is 10. The second-order valence-electron chi connectivity index (χ2n) is 7.86. The lowest BCUT2D eigenvalue weighted by Gasteiger charge is -2.29. The molecule has 0 saturated heterocycles. The summed E-state index contributed by atoms with van der Waals surface area (Å²) in [5.41, 5.74) is 1.89. The summed E-state index contributed by atoms with van der Waals surface area (Å²) in [5.74, 6) is 0.379. The minimum Gasteiger partial charge on any atom is -0.484 e. The van der Waals surface area contributed by atoms with Crippen molar-refractivity contribution in [1.82, 2.24) is 10.2 Å². The van der Waals surface area contributed by atoms with Crippen molar-refractivity contribution in [3.8, 4) is 5.75 Å². The Hall–Kier alpha value is -2.24. The number of benzene rings is 2. The van der Waals surface area contributed by atoms with Crippen LogP contribution in [0.4, 0.5) is 0 Å². The van der Waals surface area contributed by atoms with Crippen LogP contribution in [0.25, 0.3) is 0 Å². The summed E-state index contributed by atoms with van der Waals surface area (Å²) in [4.78, 5) is 27.2. The maximum absolute atomic E-state index is 13.1. The molecule has 2 rings (SSSR count). The second kappa shape index (κ2) is 12.0. The van der Waals surface area contributed by atoms with Crippen LogP contribution in [0.15, 0.2) is 42.5 Å².